The number of piperidine rings is 1. The number of ether oxygens (including phenoxy) is 2. The van der Waals surface area contributed by atoms with Crippen LogP contribution in [0.5, 0.6) is 5.75 Å². The molecule has 3 saturated heterocycles. The van der Waals surface area contributed by atoms with Crippen LogP contribution in [0.3, 0.4) is 0 Å². The summed E-state index contributed by atoms with van der Waals surface area (Å²) in [6.07, 6.45) is 7.11. The number of likely N-dealkylation sites (tertiary alicyclic amines) is 1. The van der Waals surface area contributed by atoms with E-state index in [9.17, 15) is 4.79 Å². The minimum Gasteiger partial charge on any atom is -0.486 e. The van der Waals surface area contributed by atoms with Gasteiger partial charge in [0, 0.05) is 32.3 Å². The lowest BCUT2D eigenvalue weighted by Gasteiger charge is -2.40. The van der Waals surface area contributed by atoms with Crippen molar-refractivity contribution in [3.63, 3.8) is 0 Å². The Balaban J connectivity index is 1.37. The molecule has 1 spiro atoms. The number of amides is 1. The van der Waals surface area contributed by atoms with E-state index in [1.165, 1.54) is 0 Å². The molecule has 3 atom stereocenters. The second kappa shape index (κ2) is 6.66. The van der Waals surface area contributed by atoms with Gasteiger partial charge in [-0.15, -0.1) is 0 Å². The van der Waals surface area contributed by atoms with Gasteiger partial charge in [-0.1, -0.05) is 0 Å². The second-order valence-electron chi connectivity index (χ2n) is 6.90. The van der Waals surface area contributed by atoms with E-state index >= 15 is 0 Å². The Kier molecular flexibility index (Phi) is 4.39. The highest BCUT2D eigenvalue weighted by atomic mass is 16.6. The minimum atomic E-state index is -0.257. The number of carbonyl (C=O) groups is 1. The van der Waals surface area contributed by atoms with Crippen LogP contribution in [0.25, 0.3) is 0 Å². The molecule has 3 unspecified atom stereocenters. The van der Waals surface area contributed by atoms with Crippen molar-refractivity contribution in [1.82, 2.24) is 20.7 Å². The van der Waals surface area contributed by atoms with Crippen LogP contribution in [0.2, 0.25) is 0 Å². The SMILES string of the molecule is O=C(C1CCNN1)N1CCCC2(CC(Oc3cccnc3)CO2)C1. The number of carbonyl (C=O) groups excluding carboxylic acids is 1. The zero-order chi connectivity index (χ0) is 16.4. The molecule has 7 heteroatoms. The van der Waals surface area contributed by atoms with Crippen molar-refractivity contribution in [2.45, 2.75) is 43.4 Å². The lowest BCUT2D eigenvalue weighted by atomic mass is 9.89. The van der Waals surface area contributed by atoms with E-state index in [4.69, 9.17) is 9.47 Å². The van der Waals surface area contributed by atoms with E-state index in [1.54, 1.807) is 12.4 Å². The van der Waals surface area contributed by atoms with E-state index in [1.807, 2.05) is 17.0 Å². The summed E-state index contributed by atoms with van der Waals surface area (Å²) < 4.78 is 12.1. The average molecular weight is 332 g/mol. The highest BCUT2D eigenvalue weighted by Crippen LogP contribution is 2.36. The fraction of sp³-hybridized carbons (Fsp3) is 0.647. The summed E-state index contributed by atoms with van der Waals surface area (Å²) in [5.74, 6) is 0.951. The first-order chi connectivity index (χ1) is 11.7. The molecule has 3 aliphatic rings. The van der Waals surface area contributed by atoms with Crippen LogP contribution >= 0.6 is 0 Å². The number of hydrazine groups is 1. The van der Waals surface area contributed by atoms with Crippen molar-refractivity contribution in [3.05, 3.63) is 24.5 Å². The van der Waals surface area contributed by atoms with Gasteiger partial charge in [-0.3, -0.25) is 15.2 Å². The maximum atomic E-state index is 12.6. The van der Waals surface area contributed by atoms with E-state index < -0.39 is 0 Å². The van der Waals surface area contributed by atoms with E-state index in [0.717, 1.165) is 44.5 Å². The number of pyridine rings is 1. The lowest BCUT2D eigenvalue weighted by molar-refractivity contribution is -0.141. The predicted octanol–water partition coefficient (Wildman–Crippen LogP) is 0.477. The third-order valence-electron chi connectivity index (χ3n) is 5.10. The first kappa shape index (κ1) is 15.8. The largest absolute Gasteiger partial charge is 0.486 e. The summed E-state index contributed by atoms with van der Waals surface area (Å²) in [6.45, 7) is 2.89. The maximum absolute atomic E-state index is 12.6. The highest BCUT2D eigenvalue weighted by molar-refractivity contribution is 5.82. The van der Waals surface area contributed by atoms with Crippen LogP contribution in [0, 0.1) is 0 Å². The Morgan fingerprint density at radius 3 is 3.25 bits per heavy atom. The number of hydrogen-bond donors (Lipinski definition) is 2. The molecule has 0 bridgehead atoms. The molecule has 1 amide bonds. The number of hydrogen-bond acceptors (Lipinski definition) is 6. The van der Waals surface area contributed by atoms with Crippen LogP contribution < -0.4 is 15.6 Å². The lowest BCUT2D eigenvalue weighted by Crippen LogP contribution is -2.54. The second-order valence-corrected chi connectivity index (χ2v) is 6.90. The molecule has 4 rings (SSSR count). The van der Waals surface area contributed by atoms with Gasteiger partial charge < -0.3 is 14.4 Å². The molecule has 3 aliphatic heterocycles. The van der Waals surface area contributed by atoms with Crippen LogP contribution in [-0.2, 0) is 9.53 Å². The number of rotatable bonds is 3. The van der Waals surface area contributed by atoms with Gasteiger partial charge in [-0.25, -0.2) is 5.43 Å². The van der Waals surface area contributed by atoms with Crippen LogP contribution in [0.1, 0.15) is 25.7 Å². The molecule has 0 saturated carbocycles. The quantitative estimate of drug-likeness (QED) is 0.838. The molecule has 3 fully saturated rings. The maximum Gasteiger partial charge on any atom is 0.241 e. The van der Waals surface area contributed by atoms with Crippen molar-refractivity contribution in [1.29, 1.82) is 0 Å². The van der Waals surface area contributed by atoms with Crippen molar-refractivity contribution in [2.75, 3.05) is 26.2 Å². The Bertz CT molecular complexity index is 578. The smallest absolute Gasteiger partial charge is 0.241 e. The molecule has 2 N–H and O–H groups in total. The Morgan fingerprint density at radius 1 is 1.50 bits per heavy atom. The molecule has 1 aromatic heterocycles. The van der Waals surface area contributed by atoms with Gasteiger partial charge in [0.2, 0.25) is 5.91 Å². The summed E-state index contributed by atoms with van der Waals surface area (Å²) in [5, 5.41) is 0. The zero-order valence-corrected chi connectivity index (χ0v) is 13.7. The Morgan fingerprint density at radius 2 is 2.46 bits per heavy atom. The Hall–Kier alpha value is -1.70. The molecule has 4 heterocycles. The van der Waals surface area contributed by atoms with Gasteiger partial charge in [0.05, 0.1) is 18.4 Å². The molecular weight excluding hydrogens is 308 g/mol. The van der Waals surface area contributed by atoms with E-state index in [2.05, 4.69) is 15.8 Å². The number of aromatic nitrogens is 1. The first-order valence-electron chi connectivity index (χ1n) is 8.72. The number of nitrogens with one attached hydrogen (secondary N) is 2. The average Bonchev–Trinajstić information content (AvgIpc) is 3.26. The summed E-state index contributed by atoms with van der Waals surface area (Å²) in [6, 6.07) is 3.67. The van der Waals surface area contributed by atoms with Crippen molar-refractivity contribution in [2.24, 2.45) is 0 Å². The predicted molar refractivity (Wildman–Crippen MR) is 87.3 cm³/mol. The highest BCUT2D eigenvalue weighted by Gasteiger charge is 2.46. The van der Waals surface area contributed by atoms with Gasteiger partial charge >= 0.3 is 0 Å². The van der Waals surface area contributed by atoms with Gasteiger partial charge in [0.1, 0.15) is 17.9 Å². The fourth-order valence-electron chi connectivity index (χ4n) is 3.95. The molecular formula is C17H24N4O3. The minimum absolute atomic E-state index is 0.0236. The normalized spacial score (nSPS) is 33.1. The van der Waals surface area contributed by atoms with E-state index in [0.29, 0.717) is 13.2 Å². The van der Waals surface area contributed by atoms with Crippen molar-refractivity contribution in [3.8, 4) is 5.75 Å². The monoisotopic (exact) mass is 332 g/mol. The summed E-state index contributed by atoms with van der Waals surface area (Å²) in [5.41, 5.74) is 5.84. The van der Waals surface area contributed by atoms with Gasteiger partial charge in [-0.2, -0.15) is 0 Å². The summed E-state index contributed by atoms with van der Waals surface area (Å²) in [4.78, 5) is 18.7. The topological polar surface area (TPSA) is 75.7 Å². The fourth-order valence-corrected chi connectivity index (χ4v) is 3.95. The molecule has 0 aromatic carbocycles. The molecule has 24 heavy (non-hydrogen) atoms. The van der Waals surface area contributed by atoms with Gasteiger partial charge in [0.15, 0.2) is 0 Å². The molecule has 1 aromatic rings. The molecule has 0 aliphatic carbocycles. The van der Waals surface area contributed by atoms with Crippen LogP contribution in [0.4, 0.5) is 0 Å². The molecule has 130 valence electrons. The summed E-state index contributed by atoms with van der Waals surface area (Å²) >= 11 is 0. The standard InChI is InChI=1S/C17H24N4O3/c22-16(15-4-7-19-20-15)21-8-2-5-17(12-21)9-14(11-23-17)24-13-3-1-6-18-10-13/h1,3,6,10,14-15,19-20H,2,4-5,7-9,11-12H2. The van der Waals surface area contributed by atoms with Crippen LogP contribution in [0.15, 0.2) is 24.5 Å². The van der Waals surface area contributed by atoms with Crippen LogP contribution in [-0.4, -0.2) is 59.8 Å². The van der Waals surface area contributed by atoms with Crippen molar-refractivity contribution < 1.29 is 14.3 Å². The van der Waals surface area contributed by atoms with Gasteiger partial charge in [-0.05, 0) is 31.4 Å². The third kappa shape index (κ3) is 3.24. The third-order valence-corrected chi connectivity index (χ3v) is 5.10. The van der Waals surface area contributed by atoms with Gasteiger partial charge in [0.25, 0.3) is 0 Å². The Labute approximate surface area is 141 Å². The van der Waals surface area contributed by atoms with Crippen molar-refractivity contribution >= 4 is 5.91 Å². The summed E-state index contributed by atoms with van der Waals surface area (Å²) in [7, 11) is 0. The van der Waals surface area contributed by atoms with E-state index in [-0.39, 0.29) is 23.7 Å². The number of nitrogens with zero attached hydrogens (tertiary/aromatic N) is 2. The zero-order valence-electron chi connectivity index (χ0n) is 13.7. The first-order valence-corrected chi connectivity index (χ1v) is 8.72. The molecule has 0 radical (unpaired) electrons. The molecule has 7 nitrogen and oxygen atoms in total.